The zero-order chi connectivity index (χ0) is 10.8. The number of hydrogen-bond acceptors (Lipinski definition) is 2. The van der Waals surface area contributed by atoms with Crippen LogP contribution in [0.3, 0.4) is 0 Å². The van der Waals surface area contributed by atoms with Crippen molar-refractivity contribution in [2.24, 2.45) is 11.8 Å². The number of rotatable bonds is 9. The molecule has 0 fully saturated rings. The SMILES string of the molecule is CCC(CC)CNCCCC(C)CO. The second-order valence-corrected chi connectivity index (χ2v) is 4.32. The molecule has 14 heavy (non-hydrogen) atoms. The third-order valence-electron chi connectivity index (χ3n) is 2.95. The maximum absolute atomic E-state index is 8.84. The van der Waals surface area contributed by atoms with Gasteiger partial charge in [0.05, 0.1) is 0 Å². The molecule has 0 aliphatic rings. The summed E-state index contributed by atoms with van der Waals surface area (Å²) >= 11 is 0. The molecule has 0 spiro atoms. The molecule has 2 nitrogen and oxygen atoms in total. The van der Waals surface area contributed by atoms with Crippen molar-refractivity contribution in [1.29, 1.82) is 0 Å². The van der Waals surface area contributed by atoms with Gasteiger partial charge < -0.3 is 10.4 Å². The van der Waals surface area contributed by atoms with Crippen molar-refractivity contribution in [2.45, 2.75) is 46.5 Å². The van der Waals surface area contributed by atoms with Crippen LogP contribution in [0.4, 0.5) is 0 Å². The largest absolute Gasteiger partial charge is 0.396 e. The first-order valence-electron chi connectivity index (χ1n) is 6.06. The van der Waals surface area contributed by atoms with E-state index in [4.69, 9.17) is 5.11 Å². The molecule has 1 unspecified atom stereocenters. The highest BCUT2D eigenvalue weighted by Gasteiger charge is 2.02. The van der Waals surface area contributed by atoms with E-state index in [0.29, 0.717) is 12.5 Å². The highest BCUT2D eigenvalue weighted by molar-refractivity contribution is 4.59. The Balaban J connectivity index is 3.20. The second kappa shape index (κ2) is 9.47. The van der Waals surface area contributed by atoms with Crippen molar-refractivity contribution >= 4 is 0 Å². The fraction of sp³-hybridized carbons (Fsp3) is 1.00. The molecule has 86 valence electrons. The van der Waals surface area contributed by atoms with Crippen LogP contribution in [0.5, 0.6) is 0 Å². The van der Waals surface area contributed by atoms with Gasteiger partial charge in [0.2, 0.25) is 0 Å². The molecule has 0 bridgehead atoms. The molecule has 0 aromatic heterocycles. The van der Waals surface area contributed by atoms with Gasteiger partial charge in [-0.05, 0) is 37.8 Å². The Hall–Kier alpha value is -0.0800. The van der Waals surface area contributed by atoms with Gasteiger partial charge in [0.1, 0.15) is 0 Å². The molecule has 0 heterocycles. The van der Waals surface area contributed by atoms with Crippen LogP contribution in [-0.2, 0) is 0 Å². The summed E-state index contributed by atoms with van der Waals surface area (Å²) in [4.78, 5) is 0. The first kappa shape index (κ1) is 13.9. The summed E-state index contributed by atoms with van der Waals surface area (Å²) in [7, 11) is 0. The minimum atomic E-state index is 0.326. The van der Waals surface area contributed by atoms with E-state index in [1.165, 1.54) is 19.3 Å². The highest BCUT2D eigenvalue weighted by Crippen LogP contribution is 2.06. The molecule has 0 aromatic carbocycles. The van der Waals surface area contributed by atoms with Crippen molar-refractivity contribution in [3.63, 3.8) is 0 Å². The first-order chi connectivity index (χ1) is 6.74. The van der Waals surface area contributed by atoms with Crippen molar-refractivity contribution in [3.05, 3.63) is 0 Å². The molecule has 0 amide bonds. The van der Waals surface area contributed by atoms with Crippen LogP contribution in [0.2, 0.25) is 0 Å². The minimum absolute atomic E-state index is 0.326. The van der Waals surface area contributed by atoms with Gasteiger partial charge >= 0.3 is 0 Å². The van der Waals surface area contributed by atoms with Crippen LogP contribution in [0.25, 0.3) is 0 Å². The molecular formula is C12H27NO. The van der Waals surface area contributed by atoms with Crippen molar-refractivity contribution < 1.29 is 5.11 Å². The molecule has 1 atom stereocenters. The molecule has 0 rings (SSSR count). The topological polar surface area (TPSA) is 32.3 Å². The van der Waals surface area contributed by atoms with Crippen molar-refractivity contribution in [3.8, 4) is 0 Å². The fourth-order valence-electron chi connectivity index (χ4n) is 1.55. The lowest BCUT2D eigenvalue weighted by atomic mass is 10.0. The number of aliphatic hydroxyl groups excluding tert-OH is 1. The Morgan fingerprint density at radius 3 is 2.36 bits per heavy atom. The molecule has 0 saturated carbocycles. The van der Waals surface area contributed by atoms with Crippen molar-refractivity contribution in [2.75, 3.05) is 19.7 Å². The van der Waals surface area contributed by atoms with Gasteiger partial charge in [0.15, 0.2) is 0 Å². The van der Waals surface area contributed by atoms with Crippen LogP contribution < -0.4 is 5.32 Å². The Labute approximate surface area is 89.1 Å². The van der Waals surface area contributed by atoms with Gasteiger partial charge in [-0.1, -0.05) is 33.6 Å². The van der Waals surface area contributed by atoms with Crippen LogP contribution in [0.1, 0.15) is 46.5 Å². The second-order valence-electron chi connectivity index (χ2n) is 4.32. The van der Waals surface area contributed by atoms with E-state index >= 15 is 0 Å². The quantitative estimate of drug-likeness (QED) is 0.562. The van der Waals surface area contributed by atoms with Gasteiger partial charge in [0, 0.05) is 6.61 Å². The summed E-state index contributed by atoms with van der Waals surface area (Å²) in [6.45, 7) is 9.18. The maximum atomic E-state index is 8.84. The Kier molecular flexibility index (Phi) is 9.42. The lowest BCUT2D eigenvalue weighted by Gasteiger charge is -2.13. The van der Waals surface area contributed by atoms with Gasteiger partial charge in [0.25, 0.3) is 0 Å². The van der Waals surface area contributed by atoms with Gasteiger partial charge in [-0.25, -0.2) is 0 Å². The maximum Gasteiger partial charge on any atom is 0.0456 e. The Morgan fingerprint density at radius 1 is 1.21 bits per heavy atom. The molecular weight excluding hydrogens is 174 g/mol. The van der Waals surface area contributed by atoms with Gasteiger partial charge in [-0.15, -0.1) is 0 Å². The van der Waals surface area contributed by atoms with Crippen LogP contribution >= 0.6 is 0 Å². The average Bonchev–Trinajstić information content (AvgIpc) is 2.23. The Bertz CT molecular complexity index is 113. The van der Waals surface area contributed by atoms with E-state index in [0.717, 1.165) is 25.4 Å². The van der Waals surface area contributed by atoms with E-state index in [-0.39, 0.29) is 0 Å². The summed E-state index contributed by atoms with van der Waals surface area (Å²) in [5.41, 5.74) is 0. The normalized spacial score (nSPS) is 13.5. The smallest absolute Gasteiger partial charge is 0.0456 e. The summed E-state index contributed by atoms with van der Waals surface area (Å²) < 4.78 is 0. The summed E-state index contributed by atoms with van der Waals surface area (Å²) in [5, 5.41) is 12.3. The van der Waals surface area contributed by atoms with E-state index in [2.05, 4.69) is 26.1 Å². The van der Waals surface area contributed by atoms with Gasteiger partial charge in [-0.2, -0.15) is 0 Å². The third-order valence-corrected chi connectivity index (χ3v) is 2.95. The molecule has 2 heteroatoms. The predicted octanol–water partition coefficient (Wildman–Crippen LogP) is 2.42. The molecule has 0 aromatic rings. The zero-order valence-corrected chi connectivity index (χ0v) is 10.1. The monoisotopic (exact) mass is 201 g/mol. The highest BCUT2D eigenvalue weighted by atomic mass is 16.3. The average molecular weight is 201 g/mol. The minimum Gasteiger partial charge on any atom is -0.396 e. The lowest BCUT2D eigenvalue weighted by molar-refractivity contribution is 0.227. The first-order valence-corrected chi connectivity index (χ1v) is 6.06. The predicted molar refractivity (Wildman–Crippen MR) is 62.4 cm³/mol. The standard InChI is InChI=1S/C12H27NO/c1-4-12(5-2)9-13-8-6-7-11(3)10-14/h11-14H,4-10H2,1-3H3. The number of hydrogen-bond donors (Lipinski definition) is 2. The summed E-state index contributed by atoms with van der Waals surface area (Å²) in [6.07, 6.45) is 4.86. The molecule has 0 radical (unpaired) electrons. The van der Waals surface area contributed by atoms with E-state index in [9.17, 15) is 0 Å². The van der Waals surface area contributed by atoms with Crippen molar-refractivity contribution in [1.82, 2.24) is 5.32 Å². The van der Waals surface area contributed by atoms with Crippen LogP contribution in [-0.4, -0.2) is 24.8 Å². The molecule has 0 saturated heterocycles. The van der Waals surface area contributed by atoms with Crippen LogP contribution in [0, 0.1) is 11.8 Å². The summed E-state index contributed by atoms with van der Waals surface area (Å²) in [6, 6.07) is 0. The van der Waals surface area contributed by atoms with E-state index in [1.54, 1.807) is 0 Å². The molecule has 2 N–H and O–H groups in total. The summed E-state index contributed by atoms with van der Waals surface area (Å²) in [5.74, 6) is 1.30. The van der Waals surface area contributed by atoms with E-state index in [1.807, 2.05) is 0 Å². The molecule has 0 aliphatic carbocycles. The Morgan fingerprint density at radius 2 is 1.86 bits per heavy atom. The van der Waals surface area contributed by atoms with E-state index < -0.39 is 0 Å². The third kappa shape index (κ3) is 7.34. The zero-order valence-electron chi connectivity index (χ0n) is 10.1. The lowest BCUT2D eigenvalue weighted by Crippen LogP contribution is -2.23. The van der Waals surface area contributed by atoms with Gasteiger partial charge in [-0.3, -0.25) is 0 Å². The van der Waals surface area contributed by atoms with Crippen LogP contribution in [0.15, 0.2) is 0 Å². The number of nitrogens with one attached hydrogen (secondary N) is 1. The fourth-order valence-corrected chi connectivity index (χ4v) is 1.55. The number of aliphatic hydroxyl groups is 1. The molecule has 0 aliphatic heterocycles.